The van der Waals surface area contributed by atoms with Gasteiger partial charge in [0.25, 0.3) is 0 Å². The molecule has 6 heteroatoms. The van der Waals surface area contributed by atoms with Gasteiger partial charge in [0.15, 0.2) is 0 Å². The van der Waals surface area contributed by atoms with Crippen LogP contribution in [0.1, 0.15) is 47.0 Å². The first-order chi connectivity index (χ1) is 8.04. The number of unbranched alkanes of at least 4 members (excludes halogenated alkanes) is 1. The van der Waals surface area contributed by atoms with Crippen LogP contribution in [0.2, 0.25) is 0 Å². The van der Waals surface area contributed by atoms with E-state index in [2.05, 4.69) is 23.9 Å². The van der Waals surface area contributed by atoms with Gasteiger partial charge in [0, 0.05) is 12.3 Å². The lowest BCUT2D eigenvalue weighted by Gasteiger charge is -2.23. The van der Waals surface area contributed by atoms with Crippen LogP contribution in [0.15, 0.2) is 4.99 Å². The van der Waals surface area contributed by atoms with Crippen molar-refractivity contribution in [1.29, 1.82) is 0 Å². The molecule has 0 fully saturated rings. The van der Waals surface area contributed by atoms with Gasteiger partial charge in [-0.2, -0.15) is 0 Å². The Kier molecular flexibility index (Phi) is 10.6. The molecule has 0 spiro atoms. The minimum Gasteiger partial charge on any atom is -0.324 e. The van der Waals surface area contributed by atoms with E-state index < -0.39 is 5.62 Å². The molecular weight excluding hydrogens is 271 g/mol. The van der Waals surface area contributed by atoms with Crippen LogP contribution in [-0.2, 0) is 16.3 Å². The SMILES string of the molecule is CCCCN=CNP(=S)(OC(C)C)SCCC. The third-order valence-electron chi connectivity index (χ3n) is 1.76. The fourth-order valence-electron chi connectivity index (χ4n) is 1.01. The van der Waals surface area contributed by atoms with Crippen molar-refractivity contribution in [3.05, 3.63) is 0 Å². The highest BCUT2D eigenvalue weighted by atomic mass is 32.9. The van der Waals surface area contributed by atoms with E-state index in [1.165, 1.54) is 6.42 Å². The number of hydrogen-bond donors (Lipinski definition) is 1. The van der Waals surface area contributed by atoms with E-state index in [9.17, 15) is 0 Å². The van der Waals surface area contributed by atoms with Gasteiger partial charge in [-0.1, -0.05) is 31.7 Å². The molecule has 0 amide bonds. The maximum absolute atomic E-state index is 5.83. The van der Waals surface area contributed by atoms with Gasteiger partial charge < -0.3 is 9.61 Å². The number of nitrogens with zero attached hydrogens (tertiary/aromatic N) is 1. The highest BCUT2D eigenvalue weighted by molar-refractivity contribution is 8.68. The molecule has 0 aromatic rings. The third kappa shape index (κ3) is 10.1. The van der Waals surface area contributed by atoms with Crippen LogP contribution in [0.3, 0.4) is 0 Å². The van der Waals surface area contributed by atoms with Crippen LogP contribution in [0.4, 0.5) is 0 Å². The highest BCUT2D eigenvalue weighted by Crippen LogP contribution is 2.56. The van der Waals surface area contributed by atoms with Crippen LogP contribution >= 0.6 is 17.0 Å². The standard InChI is InChI=1S/C11H25N2OPS2/c1-5-7-8-12-10-13-15(16,14-11(3)4)17-9-6-2/h10-11H,5-9H2,1-4H3,(H,12,13,16). The lowest BCUT2D eigenvalue weighted by atomic mass is 10.3. The molecule has 3 nitrogen and oxygen atoms in total. The molecule has 0 bridgehead atoms. The summed E-state index contributed by atoms with van der Waals surface area (Å²) >= 11 is 7.29. The molecule has 0 aliphatic carbocycles. The summed E-state index contributed by atoms with van der Waals surface area (Å²) in [4.78, 5) is 4.29. The minimum absolute atomic E-state index is 0.154. The monoisotopic (exact) mass is 296 g/mol. The molecule has 0 saturated heterocycles. The van der Waals surface area contributed by atoms with E-state index in [-0.39, 0.29) is 6.10 Å². The fourth-order valence-corrected chi connectivity index (χ4v) is 6.07. The van der Waals surface area contributed by atoms with E-state index in [1.54, 1.807) is 17.7 Å². The Morgan fingerprint density at radius 3 is 2.65 bits per heavy atom. The molecule has 0 rings (SSSR count). The van der Waals surface area contributed by atoms with Crippen molar-refractivity contribution in [2.75, 3.05) is 12.3 Å². The van der Waals surface area contributed by atoms with Crippen molar-refractivity contribution >= 4 is 35.1 Å². The molecular formula is C11H25N2OPS2. The summed E-state index contributed by atoms with van der Waals surface area (Å²) in [5, 5.41) is 3.20. The normalized spacial score (nSPS) is 15.4. The second-order valence-electron chi connectivity index (χ2n) is 4.00. The maximum atomic E-state index is 5.83. The van der Waals surface area contributed by atoms with E-state index >= 15 is 0 Å². The van der Waals surface area contributed by atoms with Crippen molar-refractivity contribution in [3.8, 4) is 0 Å². The summed E-state index contributed by atoms with van der Waals surface area (Å²) in [6.07, 6.45) is 5.29. The number of aliphatic imine (C=N–C) groups is 1. The van der Waals surface area contributed by atoms with Gasteiger partial charge >= 0.3 is 0 Å². The molecule has 17 heavy (non-hydrogen) atoms. The Bertz CT molecular complexity index is 260. The van der Waals surface area contributed by atoms with Crippen LogP contribution in [0, 0.1) is 0 Å². The van der Waals surface area contributed by atoms with Gasteiger partial charge in [-0.15, -0.1) is 0 Å². The van der Waals surface area contributed by atoms with Crippen LogP contribution in [0.5, 0.6) is 0 Å². The summed E-state index contributed by atoms with van der Waals surface area (Å²) in [5.74, 6) is 1.03. The molecule has 0 aromatic carbocycles. The molecule has 0 aromatic heterocycles. The summed E-state index contributed by atoms with van der Waals surface area (Å²) < 4.78 is 5.83. The van der Waals surface area contributed by atoms with Gasteiger partial charge in [0.1, 0.15) is 0 Å². The first-order valence-electron chi connectivity index (χ1n) is 6.23. The summed E-state index contributed by atoms with van der Waals surface area (Å²) in [6, 6.07) is 0. The molecule has 1 N–H and O–H groups in total. The summed E-state index contributed by atoms with van der Waals surface area (Å²) in [5.41, 5.74) is -1.99. The average molecular weight is 296 g/mol. The molecule has 1 atom stereocenters. The van der Waals surface area contributed by atoms with E-state index in [4.69, 9.17) is 16.3 Å². The van der Waals surface area contributed by atoms with Crippen molar-refractivity contribution in [2.24, 2.45) is 4.99 Å². The quantitative estimate of drug-likeness (QED) is 0.283. The maximum Gasteiger partial charge on any atom is 0.211 e. The smallest absolute Gasteiger partial charge is 0.211 e. The summed E-state index contributed by atoms with van der Waals surface area (Å²) in [6.45, 7) is 9.20. The molecule has 0 aliphatic heterocycles. The topological polar surface area (TPSA) is 33.6 Å². The van der Waals surface area contributed by atoms with Gasteiger partial charge in [-0.05, 0) is 38.5 Å². The summed E-state index contributed by atoms with van der Waals surface area (Å²) in [7, 11) is 0. The lowest BCUT2D eigenvalue weighted by molar-refractivity contribution is 0.274. The van der Waals surface area contributed by atoms with E-state index in [1.807, 2.05) is 13.8 Å². The largest absolute Gasteiger partial charge is 0.324 e. The van der Waals surface area contributed by atoms with Gasteiger partial charge in [-0.3, -0.25) is 4.99 Å². The van der Waals surface area contributed by atoms with Crippen molar-refractivity contribution in [1.82, 2.24) is 5.09 Å². The molecule has 102 valence electrons. The second kappa shape index (κ2) is 10.4. The number of hydrogen-bond acceptors (Lipinski definition) is 4. The Morgan fingerprint density at radius 2 is 2.12 bits per heavy atom. The zero-order chi connectivity index (χ0) is 13.1. The molecule has 0 saturated carbocycles. The molecule has 1 unspecified atom stereocenters. The van der Waals surface area contributed by atoms with E-state index in [0.29, 0.717) is 0 Å². The lowest BCUT2D eigenvalue weighted by Crippen LogP contribution is -2.12. The Balaban J connectivity index is 4.18. The molecule has 0 radical (unpaired) electrons. The Hall–Kier alpha value is 0.430. The van der Waals surface area contributed by atoms with Crippen molar-refractivity contribution in [3.63, 3.8) is 0 Å². The number of nitrogens with one attached hydrogen (secondary N) is 1. The number of rotatable bonds is 10. The van der Waals surface area contributed by atoms with Crippen molar-refractivity contribution < 1.29 is 4.52 Å². The predicted octanol–water partition coefficient (Wildman–Crippen LogP) is 4.20. The molecule has 0 heterocycles. The minimum atomic E-state index is -1.99. The Morgan fingerprint density at radius 1 is 1.41 bits per heavy atom. The second-order valence-corrected chi connectivity index (χ2v) is 10.7. The Labute approximate surface area is 115 Å². The molecule has 0 aliphatic rings. The van der Waals surface area contributed by atoms with E-state index in [0.717, 1.165) is 25.1 Å². The first kappa shape index (κ1) is 17.4. The first-order valence-corrected chi connectivity index (χ1v) is 10.5. The third-order valence-corrected chi connectivity index (χ3v) is 7.49. The van der Waals surface area contributed by atoms with Gasteiger partial charge in [-0.25, -0.2) is 0 Å². The zero-order valence-electron chi connectivity index (χ0n) is 11.3. The van der Waals surface area contributed by atoms with Gasteiger partial charge in [0.05, 0.1) is 12.4 Å². The van der Waals surface area contributed by atoms with Crippen LogP contribution in [0.25, 0.3) is 0 Å². The predicted molar refractivity (Wildman–Crippen MR) is 84.7 cm³/mol. The van der Waals surface area contributed by atoms with Crippen molar-refractivity contribution in [2.45, 2.75) is 53.1 Å². The average Bonchev–Trinajstić information content (AvgIpc) is 2.25. The fraction of sp³-hybridized carbons (Fsp3) is 0.909. The zero-order valence-corrected chi connectivity index (χ0v) is 13.8. The highest BCUT2D eigenvalue weighted by Gasteiger charge is 2.18. The van der Waals surface area contributed by atoms with Gasteiger partial charge in [0.2, 0.25) is 5.62 Å². The van der Waals surface area contributed by atoms with Crippen LogP contribution in [-0.4, -0.2) is 24.7 Å². The van der Waals surface area contributed by atoms with Crippen LogP contribution < -0.4 is 5.09 Å².